The summed E-state index contributed by atoms with van der Waals surface area (Å²) in [5.74, 6) is -0.142. The van der Waals surface area contributed by atoms with Gasteiger partial charge in [-0.1, -0.05) is 0 Å². The third-order valence-corrected chi connectivity index (χ3v) is 4.45. The molecule has 136 valence electrons. The van der Waals surface area contributed by atoms with E-state index in [4.69, 9.17) is 4.74 Å². The van der Waals surface area contributed by atoms with E-state index in [-0.39, 0.29) is 6.61 Å². The first-order valence-corrected chi connectivity index (χ1v) is 8.50. The number of hydrogen-bond donors (Lipinski definition) is 0. The van der Waals surface area contributed by atoms with Crippen LogP contribution in [0.3, 0.4) is 0 Å². The normalized spacial score (nSPS) is 11.0. The third-order valence-electron chi connectivity index (χ3n) is 4.45. The summed E-state index contributed by atoms with van der Waals surface area (Å²) in [5, 5.41) is 4.52. The molecular formula is C20H22FN3O2. The van der Waals surface area contributed by atoms with E-state index in [1.165, 1.54) is 6.07 Å². The Kier molecular flexibility index (Phi) is 4.68. The molecule has 0 spiro atoms. The van der Waals surface area contributed by atoms with E-state index in [9.17, 15) is 9.18 Å². The highest BCUT2D eigenvalue weighted by Crippen LogP contribution is 2.28. The summed E-state index contributed by atoms with van der Waals surface area (Å²) in [4.78, 5) is 12.2. The summed E-state index contributed by atoms with van der Waals surface area (Å²) in [7, 11) is 1.76. The van der Waals surface area contributed by atoms with Gasteiger partial charge in [-0.2, -0.15) is 5.10 Å². The summed E-state index contributed by atoms with van der Waals surface area (Å²) in [6.07, 6.45) is 0. The van der Waals surface area contributed by atoms with Crippen molar-refractivity contribution in [2.24, 2.45) is 7.05 Å². The van der Waals surface area contributed by atoms with Crippen molar-refractivity contribution < 1.29 is 13.9 Å². The van der Waals surface area contributed by atoms with Crippen molar-refractivity contribution in [3.63, 3.8) is 0 Å². The van der Waals surface area contributed by atoms with Crippen LogP contribution in [-0.2, 0) is 11.8 Å². The number of ether oxygens (including phenoxy) is 1. The molecule has 0 saturated heterocycles. The molecule has 26 heavy (non-hydrogen) atoms. The SMILES string of the molecule is CCOC(=O)c1cc(-c2cc(-n3c(C)ccc3C)nn2C)c(F)cc1C. The molecule has 3 rings (SSSR count). The van der Waals surface area contributed by atoms with Crippen molar-refractivity contribution in [1.82, 2.24) is 14.3 Å². The molecule has 2 heterocycles. The van der Waals surface area contributed by atoms with E-state index in [1.807, 2.05) is 36.6 Å². The van der Waals surface area contributed by atoms with Gasteiger partial charge in [-0.25, -0.2) is 9.18 Å². The minimum Gasteiger partial charge on any atom is -0.462 e. The standard InChI is InChI=1S/C20H22FN3O2/c1-6-26-20(25)15-10-16(17(21)9-12(15)2)18-11-19(22-23(18)5)24-13(3)7-8-14(24)4/h7-11H,6H2,1-5H3. The number of halogens is 1. The molecule has 5 nitrogen and oxygen atoms in total. The lowest BCUT2D eigenvalue weighted by Crippen LogP contribution is -2.08. The van der Waals surface area contributed by atoms with Crippen LogP contribution in [0.1, 0.15) is 34.2 Å². The highest BCUT2D eigenvalue weighted by Gasteiger charge is 2.19. The van der Waals surface area contributed by atoms with E-state index >= 15 is 0 Å². The first-order chi connectivity index (χ1) is 12.3. The summed E-state index contributed by atoms with van der Waals surface area (Å²) in [5.41, 5.74) is 3.91. The molecule has 0 saturated carbocycles. The maximum Gasteiger partial charge on any atom is 0.338 e. The average molecular weight is 355 g/mol. The summed E-state index contributed by atoms with van der Waals surface area (Å²) < 4.78 is 23.4. The number of carbonyl (C=O) groups excluding carboxylic acids is 1. The molecule has 0 radical (unpaired) electrons. The van der Waals surface area contributed by atoms with Crippen molar-refractivity contribution in [2.45, 2.75) is 27.7 Å². The van der Waals surface area contributed by atoms with Crippen molar-refractivity contribution >= 4 is 5.97 Å². The number of aromatic nitrogens is 3. The molecule has 0 unspecified atom stereocenters. The molecule has 0 aliphatic heterocycles. The zero-order valence-electron chi connectivity index (χ0n) is 15.6. The number of benzene rings is 1. The predicted molar refractivity (Wildman–Crippen MR) is 98.1 cm³/mol. The summed E-state index contributed by atoms with van der Waals surface area (Å²) >= 11 is 0. The molecule has 0 aliphatic rings. The van der Waals surface area contributed by atoms with Gasteiger partial charge in [0.1, 0.15) is 5.82 Å². The van der Waals surface area contributed by atoms with Gasteiger partial charge in [0, 0.05) is 30.1 Å². The highest BCUT2D eigenvalue weighted by atomic mass is 19.1. The van der Waals surface area contributed by atoms with Crippen molar-refractivity contribution in [1.29, 1.82) is 0 Å². The topological polar surface area (TPSA) is 49.1 Å². The monoisotopic (exact) mass is 355 g/mol. The van der Waals surface area contributed by atoms with Gasteiger partial charge in [0.25, 0.3) is 0 Å². The highest BCUT2D eigenvalue weighted by molar-refractivity contribution is 5.92. The molecule has 0 atom stereocenters. The van der Waals surface area contributed by atoms with E-state index in [1.54, 1.807) is 31.6 Å². The number of aryl methyl sites for hydroxylation is 4. The Morgan fingerprint density at radius 2 is 1.81 bits per heavy atom. The zero-order chi connectivity index (χ0) is 19.0. The van der Waals surface area contributed by atoms with Gasteiger partial charge in [-0.15, -0.1) is 0 Å². The molecule has 1 aromatic carbocycles. The van der Waals surface area contributed by atoms with E-state index in [0.29, 0.717) is 28.2 Å². The molecule has 0 amide bonds. The second kappa shape index (κ2) is 6.78. The van der Waals surface area contributed by atoms with E-state index in [0.717, 1.165) is 11.4 Å². The molecule has 0 aliphatic carbocycles. The Morgan fingerprint density at radius 1 is 1.15 bits per heavy atom. The Bertz CT molecular complexity index is 966. The van der Waals surface area contributed by atoms with Gasteiger partial charge >= 0.3 is 5.97 Å². The van der Waals surface area contributed by atoms with Gasteiger partial charge in [-0.3, -0.25) is 4.68 Å². The first-order valence-electron chi connectivity index (χ1n) is 8.50. The molecule has 3 aromatic rings. The van der Waals surface area contributed by atoms with Crippen LogP contribution in [-0.4, -0.2) is 26.9 Å². The maximum atomic E-state index is 14.7. The van der Waals surface area contributed by atoms with Gasteiger partial charge in [0.15, 0.2) is 5.82 Å². The Morgan fingerprint density at radius 3 is 2.42 bits per heavy atom. The lowest BCUT2D eigenvalue weighted by molar-refractivity contribution is 0.0525. The van der Waals surface area contributed by atoms with Crippen LogP contribution in [0, 0.1) is 26.6 Å². The van der Waals surface area contributed by atoms with Crippen molar-refractivity contribution in [2.75, 3.05) is 6.61 Å². The van der Waals surface area contributed by atoms with Gasteiger partial charge in [-0.05, 0) is 57.5 Å². The zero-order valence-corrected chi connectivity index (χ0v) is 15.6. The molecule has 2 aromatic heterocycles. The second-order valence-electron chi connectivity index (χ2n) is 6.33. The Hall–Kier alpha value is -2.89. The largest absolute Gasteiger partial charge is 0.462 e. The smallest absolute Gasteiger partial charge is 0.338 e. The second-order valence-corrected chi connectivity index (χ2v) is 6.33. The van der Waals surface area contributed by atoms with Crippen molar-refractivity contribution in [3.05, 3.63) is 58.7 Å². The predicted octanol–water partition coefficient (Wildman–Crippen LogP) is 4.12. The summed E-state index contributed by atoms with van der Waals surface area (Å²) in [6.45, 7) is 7.69. The lowest BCUT2D eigenvalue weighted by Gasteiger charge is -2.10. The van der Waals surface area contributed by atoms with Crippen molar-refractivity contribution in [3.8, 4) is 17.1 Å². The fourth-order valence-corrected chi connectivity index (χ4v) is 3.14. The van der Waals surface area contributed by atoms with Crippen LogP contribution in [0.2, 0.25) is 0 Å². The van der Waals surface area contributed by atoms with E-state index < -0.39 is 11.8 Å². The van der Waals surface area contributed by atoms with Crippen LogP contribution < -0.4 is 0 Å². The van der Waals surface area contributed by atoms with Gasteiger partial charge in [0.2, 0.25) is 0 Å². The number of nitrogens with zero attached hydrogens (tertiary/aromatic N) is 3. The van der Waals surface area contributed by atoms with Crippen LogP contribution in [0.5, 0.6) is 0 Å². The quantitative estimate of drug-likeness (QED) is 0.662. The molecular weight excluding hydrogens is 333 g/mol. The molecule has 0 bridgehead atoms. The number of rotatable bonds is 4. The molecule has 0 N–H and O–H groups in total. The molecule has 6 heteroatoms. The fraction of sp³-hybridized carbons (Fsp3) is 0.300. The third kappa shape index (κ3) is 3.03. The van der Waals surface area contributed by atoms with Crippen LogP contribution in [0.25, 0.3) is 17.1 Å². The van der Waals surface area contributed by atoms with Gasteiger partial charge < -0.3 is 9.30 Å². The minimum absolute atomic E-state index is 0.271. The minimum atomic E-state index is -0.453. The Labute approximate surface area is 152 Å². The number of hydrogen-bond acceptors (Lipinski definition) is 3. The fourth-order valence-electron chi connectivity index (χ4n) is 3.14. The van der Waals surface area contributed by atoms with Crippen LogP contribution >= 0.6 is 0 Å². The lowest BCUT2D eigenvalue weighted by atomic mass is 10.0. The average Bonchev–Trinajstić information content (AvgIpc) is 3.10. The molecule has 0 fully saturated rings. The maximum absolute atomic E-state index is 14.7. The number of carbonyl (C=O) groups is 1. The Balaban J connectivity index is 2.13. The first kappa shape index (κ1) is 17.9. The summed E-state index contributed by atoms with van der Waals surface area (Å²) in [6, 6.07) is 8.74. The van der Waals surface area contributed by atoms with Gasteiger partial charge in [0.05, 0.1) is 17.9 Å². The van der Waals surface area contributed by atoms with Crippen LogP contribution in [0.15, 0.2) is 30.3 Å². The number of esters is 1. The van der Waals surface area contributed by atoms with E-state index in [2.05, 4.69) is 5.10 Å². The van der Waals surface area contributed by atoms with Crippen LogP contribution in [0.4, 0.5) is 4.39 Å².